The molecule has 0 aromatic heterocycles. The van der Waals surface area contributed by atoms with Crippen molar-refractivity contribution in [3.05, 3.63) is 29.3 Å². The number of benzene rings is 1. The lowest BCUT2D eigenvalue weighted by atomic mass is 9.84. The molecule has 0 N–H and O–H groups in total. The van der Waals surface area contributed by atoms with Gasteiger partial charge in [-0.15, -0.1) is 0 Å². The van der Waals surface area contributed by atoms with E-state index in [9.17, 15) is 4.79 Å². The molecule has 16 heavy (non-hydrogen) atoms. The van der Waals surface area contributed by atoms with Gasteiger partial charge in [-0.25, -0.2) is 0 Å². The van der Waals surface area contributed by atoms with Crippen LogP contribution in [0.1, 0.15) is 36.7 Å². The average molecular weight is 219 g/mol. The Labute approximate surface area is 98.3 Å². The van der Waals surface area contributed by atoms with Crippen LogP contribution in [0.4, 0.5) is 5.69 Å². The summed E-state index contributed by atoms with van der Waals surface area (Å²) in [6.45, 7) is 7.87. The topological polar surface area (TPSA) is 20.3 Å². The summed E-state index contributed by atoms with van der Waals surface area (Å²) < 4.78 is 0. The molecule has 1 aromatic rings. The minimum absolute atomic E-state index is 0.203. The monoisotopic (exact) mass is 219 g/mol. The molecule has 88 valence electrons. The van der Waals surface area contributed by atoms with Gasteiger partial charge in [0.2, 0.25) is 0 Å². The fourth-order valence-corrected chi connectivity index (χ4v) is 1.76. The molecule has 2 nitrogen and oxygen atoms in total. The quantitative estimate of drug-likeness (QED) is 0.711. The highest BCUT2D eigenvalue weighted by Crippen LogP contribution is 2.27. The van der Waals surface area contributed by atoms with Crippen molar-refractivity contribution >= 4 is 11.5 Å². The van der Waals surface area contributed by atoms with Crippen LogP contribution in [-0.4, -0.2) is 19.9 Å². The fourth-order valence-electron chi connectivity index (χ4n) is 1.76. The van der Waals surface area contributed by atoms with Gasteiger partial charge in [-0.3, -0.25) is 4.79 Å². The normalized spacial score (nSPS) is 11.4. The summed E-state index contributed by atoms with van der Waals surface area (Å²) in [7, 11) is 3.99. The van der Waals surface area contributed by atoms with Crippen LogP contribution in [0.25, 0.3) is 0 Å². The first kappa shape index (κ1) is 12.8. The summed E-state index contributed by atoms with van der Waals surface area (Å²) in [5, 5.41) is 0. The lowest BCUT2D eigenvalue weighted by molar-refractivity contribution is 0.0857. The van der Waals surface area contributed by atoms with E-state index in [4.69, 9.17) is 0 Å². The summed E-state index contributed by atoms with van der Waals surface area (Å²) in [4.78, 5) is 14.3. The third kappa shape index (κ3) is 2.43. The third-order valence-corrected chi connectivity index (χ3v) is 2.71. The Kier molecular flexibility index (Phi) is 3.41. The van der Waals surface area contributed by atoms with Crippen LogP contribution in [0, 0.1) is 12.3 Å². The minimum Gasteiger partial charge on any atom is -0.377 e. The minimum atomic E-state index is -0.324. The van der Waals surface area contributed by atoms with E-state index in [1.165, 1.54) is 0 Å². The molecule has 0 aliphatic carbocycles. The lowest BCUT2D eigenvalue weighted by Gasteiger charge is -2.22. The van der Waals surface area contributed by atoms with E-state index in [2.05, 4.69) is 0 Å². The Morgan fingerprint density at radius 2 is 1.75 bits per heavy atom. The molecule has 0 radical (unpaired) electrons. The van der Waals surface area contributed by atoms with Gasteiger partial charge in [0, 0.05) is 30.8 Å². The van der Waals surface area contributed by atoms with E-state index >= 15 is 0 Å². The number of carbonyl (C=O) groups is 1. The first-order valence-electron chi connectivity index (χ1n) is 5.57. The van der Waals surface area contributed by atoms with E-state index in [0.717, 1.165) is 16.8 Å². The van der Waals surface area contributed by atoms with Gasteiger partial charge in [0.25, 0.3) is 0 Å². The second-order valence-corrected chi connectivity index (χ2v) is 5.42. The first-order valence-corrected chi connectivity index (χ1v) is 5.57. The second-order valence-electron chi connectivity index (χ2n) is 5.42. The van der Waals surface area contributed by atoms with E-state index in [-0.39, 0.29) is 11.2 Å². The number of Topliss-reactive ketones (excluding diaryl/α,β-unsaturated/α-hetero) is 1. The van der Waals surface area contributed by atoms with Crippen molar-refractivity contribution in [3.63, 3.8) is 0 Å². The Balaban J connectivity index is 3.27. The van der Waals surface area contributed by atoms with E-state index < -0.39 is 0 Å². The Bertz CT molecular complexity index is 400. The van der Waals surface area contributed by atoms with Crippen LogP contribution in [0.5, 0.6) is 0 Å². The molecule has 1 rings (SSSR count). The van der Waals surface area contributed by atoms with Crippen LogP contribution in [0.3, 0.4) is 0 Å². The van der Waals surface area contributed by atoms with Crippen molar-refractivity contribution in [1.82, 2.24) is 0 Å². The first-order chi connectivity index (χ1) is 7.25. The summed E-state index contributed by atoms with van der Waals surface area (Å²) in [6.07, 6.45) is 0. The third-order valence-electron chi connectivity index (χ3n) is 2.71. The van der Waals surface area contributed by atoms with Crippen LogP contribution < -0.4 is 4.90 Å². The highest BCUT2D eigenvalue weighted by molar-refractivity contribution is 6.02. The summed E-state index contributed by atoms with van der Waals surface area (Å²) >= 11 is 0. The molecule has 0 aliphatic rings. The van der Waals surface area contributed by atoms with E-state index in [1.807, 2.05) is 64.9 Å². The van der Waals surface area contributed by atoms with Gasteiger partial charge in [-0.05, 0) is 18.6 Å². The fraction of sp³-hybridized carbons (Fsp3) is 0.500. The van der Waals surface area contributed by atoms with Crippen molar-refractivity contribution in [3.8, 4) is 0 Å². The molecule has 0 aliphatic heterocycles. The molecule has 0 fully saturated rings. The Hall–Kier alpha value is -1.31. The number of hydrogen-bond donors (Lipinski definition) is 0. The highest BCUT2D eigenvalue weighted by Gasteiger charge is 2.24. The van der Waals surface area contributed by atoms with Gasteiger partial charge < -0.3 is 4.90 Å². The number of hydrogen-bond acceptors (Lipinski definition) is 2. The van der Waals surface area contributed by atoms with Crippen molar-refractivity contribution < 1.29 is 4.79 Å². The SMILES string of the molecule is Cc1c(C(=O)C(C)(C)C)cccc1N(C)C. The van der Waals surface area contributed by atoms with Gasteiger partial charge >= 0.3 is 0 Å². The second kappa shape index (κ2) is 4.28. The molecule has 0 spiro atoms. The molecule has 0 saturated heterocycles. The van der Waals surface area contributed by atoms with Crippen LogP contribution in [-0.2, 0) is 0 Å². The van der Waals surface area contributed by atoms with Gasteiger partial charge in [-0.2, -0.15) is 0 Å². The number of ketones is 1. The zero-order valence-electron chi connectivity index (χ0n) is 11.1. The standard InChI is InChI=1S/C14H21NO/c1-10-11(13(16)14(2,3)4)8-7-9-12(10)15(5)6/h7-9H,1-6H3. The maximum absolute atomic E-state index is 12.2. The van der Waals surface area contributed by atoms with Crippen molar-refractivity contribution in [1.29, 1.82) is 0 Å². The van der Waals surface area contributed by atoms with Crippen LogP contribution in [0.2, 0.25) is 0 Å². The van der Waals surface area contributed by atoms with Gasteiger partial charge in [-0.1, -0.05) is 32.9 Å². The van der Waals surface area contributed by atoms with Crippen molar-refractivity contribution in [2.75, 3.05) is 19.0 Å². The van der Waals surface area contributed by atoms with E-state index in [0.29, 0.717) is 0 Å². The molecular weight excluding hydrogens is 198 g/mol. The number of rotatable bonds is 2. The average Bonchev–Trinajstić information content (AvgIpc) is 2.15. The molecule has 0 unspecified atom stereocenters. The van der Waals surface area contributed by atoms with E-state index in [1.54, 1.807) is 0 Å². The summed E-state index contributed by atoms with van der Waals surface area (Å²) in [5.41, 5.74) is 2.68. The van der Waals surface area contributed by atoms with Gasteiger partial charge in [0.1, 0.15) is 0 Å². The largest absolute Gasteiger partial charge is 0.377 e. The van der Waals surface area contributed by atoms with Crippen molar-refractivity contribution in [2.24, 2.45) is 5.41 Å². The zero-order chi connectivity index (χ0) is 12.5. The predicted molar refractivity (Wildman–Crippen MR) is 69.3 cm³/mol. The Morgan fingerprint density at radius 3 is 2.19 bits per heavy atom. The van der Waals surface area contributed by atoms with Gasteiger partial charge in [0.05, 0.1) is 0 Å². The number of nitrogens with zero attached hydrogens (tertiary/aromatic N) is 1. The van der Waals surface area contributed by atoms with Gasteiger partial charge in [0.15, 0.2) is 5.78 Å². The summed E-state index contributed by atoms with van der Waals surface area (Å²) in [6, 6.07) is 5.89. The Morgan fingerprint density at radius 1 is 1.19 bits per heavy atom. The molecule has 2 heteroatoms. The lowest BCUT2D eigenvalue weighted by Crippen LogP contribution is -2.22. The molecule has 0 bridgehead atoms. The molecule has 1 aromatic carbocycles. The van der Waals surface area contributed by atoms with Crippen LogP contribution >= 0.6 is 0 Å². The molecule has 0 heterocycles. The molecular formula is C14H21NO. The smallest absolute Gasteiger partial charge is 0.168 e. The summed E-state index contributed by atoms with van der Waals surface area (Å²) in [5.74, 6) is 0.203. The highest BCUT2D eigenvalue weighted by atomic mass is 16.1. The van der Waals surface area contributed by atoms with Crippen molar-refractivity contribution in [2.45, 2.75) is 27.7 Å². The predicted octanol–water partition coefficient (Wildman–Crippen LogP) is 3.29. The molecule has 0 atom stereocenters. The van der Waals surface area contributed by atoms with Crippen LogP contribution in [0.15, 0.2) is 18.2 Å². The maximum atomic E-state index is 12.2. The number of anilines is 1. The zero-order valence-corrected chi connectivity index (χ0v) is 11.1. The number of carbonyl (C=O) groups excluding carboxylic acids is 1. The molecule has 0 saturated carbocycles. The maximum Gasteiger partial charge on any atom is 0.168 e. The molecule has 0 amide bonds.